The van der Waals surface area contributed by atoms with Gasteiger partial charge >= 0.3 is 5.97 Å². The van der Waals surface area contributed by atoms with Crippen molar-refractivity contribution in [3.05, 3.63) is 36.4 Å². The number of nitrogens with zero attached hydrogens (tertiary/aromatic N) is 1. The molecule has 1 atom stereocenters. The predicted molar refractivity (Wildman–Crippen MR) is 84.9 cm³/mol. The Morgan fingerprint density at radius 1 is 1.39 bits per heavy atom. The minimum absolute atomic E-state index is 0.0814. The quantitative estimate of drug-likeness (QED) is 0.617. The molecule has 0 radical (unpaired) electrons. The van der Waals surface area contributed by atoms with Gasteiger partial charge < -0.3 is 14.7 Å². The van der Waals surface area contributed by atoms with Gasteiger partial charge in [0.15, 0.2) is 11.9 Å². The molecule has 6 heteroatoms. The number of aliphatic carboxylic acids is 1. The second-order valence-corrected chi connectivity index (χ2v) is 5.25. The molecule has 1 N–H and O–H groups in total. The maximum atomic E-state index is 12.4. The topological polar surface area (TPSA) is 83.9 Å². The summed E-state index contributed by atoms with van der Waals surface area (Å²) in [7, 11) is 0. The molecule has 0 saturated carbocycles. The van der Waals surface area contributed by atoms with Crippen LogP contribution in [0.1, 0.15) is 36.5 Å². The van der Waals surface area contributed by atoms with E-state index in [0.717, 1.165) is 0 Å². The molecular formula is C17H19NO5. The third kappa shape index (κ3) is 3.59. The Morgan fingerprint density at radius 2 is 2.13 bits per heavy atom. The summed E-state index contributed by atoms with van der Waals surface area (Å²) in [4.78, 5) is 36.6. The maximum absolute atomic E-state index is 12.4. The van der Waals surface area contributed by atoms with E-state index in [1.54, 1.807) is 24.3 Å². The largest absolute Gasteiger partial charge is 0.481 e. The zero-order chi connectivity index (χ0) is 17.0. The van der Waals surface area contributed by atoms with Crippen LogP contribution in [0.4, 0.5) is 5.69 Å². The van der Waals surface area contributed by atoms with Crippen molar-refractivity contribution in [2.75, 3.05) is 11.4 Å². The van der Waals surface area contributed by atoms with Crippen molar-refractivity contribution < 1.29 is 24.2 Å². The van der Waals surface area contributed by atoms with Crippen LogP contribution in [0, 0.1) is 0 Å². The van der Waals surface area contributed by atoms with Crippen molar-refractivity contribution in [1.82, 2.24) is 0 Å². The molecule has 1 aliphatic heterocycles. The lowest BCUT2D eigenvalue weighted by Crippen LogP contribution is -2.45. The zero-order valence-corrected chi connectivity index (χ0v) is 12.9. The summed E-state index contributed by atoms with van der Waals surface area (Å²) in [5.74, 6) is -0.934. The van der Waals surface area contributed by atoms with Crippen LogP contribution in [0.15, 0.2) is 30.9 Å². The number of rotatable bonds is 7. The molecule has 1 aromatic rings. The Balaban J connectivity index is 2.33. The Labute approximate surface area is 134 Å². The van der Waals surface area contributed by atoms with Gasteiger partial charge in [-0.15, -0.1) is 6.58 Å². The SMILES string of the molecule is C=CCN1C(=O)C(CC)Oc2ccc(C(=O)CCC(=O)O)cc21. The summed E-state index contributed by atoms with van der Waals surface area (Å²) in [6.07, 6.45) is 1.31. The van der Waals surface area contributed by atoms with E-state index in [-0.39, 0.29) is 24.5 Å². The Bertz CT molecular complexity index is 652. The summed E-state index contributed by atoms with van der Waals surface area (Å²) < 4.78 is 5.67. The number of benzene rings is 1. The molecular weight excluding hydrogens is 298 g/mol. The molecule has 0 fully saturated rings. The molecule has 0 aliphatic carbocycles. The second-order valence-electron chi connectivity index (χ2n) is 5.25. The molecule has 0 bridgehead atoms. The first-order valence-electron chi connectivity index (χ1n) is 7.45. The molecule has 0 spiro atoms. The van der Waals surface area contributed by atoms with Crippen molar-refractivity contribution in [3.8, 4) is 5.75 Å². The number of amides is 1. The van der Waals surface area contributed by atoms with E-state index >= 15 is 0 Å². The Morgan fingerprint density at radius 3 is 2.74 bits per heavy atom. The second kappa shape index (κ2) is 7.09. The van der Waals surface area contributed by atoms with E-state index in [1.807, 2.05) is 6.92 Å². The van der Waals surface area contributed by atoms with Gasteiger partial charge in [-0.3, -0.25) is 14.4 Å². The van der Waals surface area contributed by atoms with Crippen LogP contribution in [0.3, 0.4) is 0 Å². The first-order chi connectivity index (χ1) is 11.0. The molecule has 0 aromatic heterocycles. The van der Waals surface area contributed by atoms with Crippen molar-refractivity contribution in [1.29, 1.82) is 0 Å². The first-order valence-corrected chi connectivity index (χ1v) is 7.45. The highest BCUT2D eigenvalue weighted by molar-refractivity contribution is 6.03. The molecule has 1 heterocycles. The molecule has 1 aromatic carbocycles. The van der Waals surface area contributed by atoms with Crippen molar-refractivity contribution >= 4 is 23.3 Å². The molecule has 1 amide bonds. The van der Waals surface area contributed by atoms with Crippen LogP contribution < -0.4 is 9.64 Å². The number of carbonyl (C=O) groups excluding carboxylic acids is 2. The first kappa shape index (κ1) is 16.7. The lowest BCUT2D eigenvalue weighted by Gasteiger charge is -2.33. The fourth-order valence-electron chi connectivity index (χ4n) is 2.44. The lowest BCUT2D eigenvalue weighted by atomic mass is 10.0. The number of ether oxygens (including phenoxy) is 1. The van der Waals surface area contributed by atoms with Gasteiger partial charge in [0.05, 0.1) is 12.1 Å². The van der Waals surface area contributed by atoms with Crippen LogP contribution in [-0.2, 0) is 9.59 Å². The molecule has 6 nitrogen and oxygen atoms in total. The molecule has 0 saturated heterocycles. The average molecular weight is 317 g/mol. The normalized spacial score (nSPS) is 16.5. The van der Waals surface area contributed by atoms with Crippen molar-refractivity contribution in [2.24, 2.45) is 0 Å². The van der Waals surface area contributed by atoms with Gasteiger partial charge in [-0.2, -0.15) is 0 Å². The van der Waals surface area contributed by atoms with E-state index in [0.29, 0.717) is 30.0 Å². The number of Topliss-reactive ketones (excluding diaryl/α,β-unsaturated/α-hetero) is 1. The molecule has 1 aliphatic rings. The third-order valence-electron chi connectivity index (χ3n) is 3.63. The van der Waals surface area contributed by atoms with E-state index in [1.165, 1.54) is 4.90 Å². The van der Waals surface area contributed by atoms with Crippen LogP contribution in [0.5, 0.6) is 5.75 Å². The van der Waals surface area contributed by atoms with Gasteiger partial charge in [-0.1, -0.05) is 13.0 Å². The van der Waals surface area contributed by atoms with Gasteiger partial charge in [0.25, 0.3) is 5.91 Å². The molecule has 1 unspecified atom stereocenters. The highest BCUT2D eigenvalue weighted by atomic mass is 16.5. The number of anilines is 1. The van der Waals surface area contributed by atoms with Gasteiger partial charge in [-0.25, -0.2) is 0 Å². The zero-order valence-electron chi connectivity index (χ0n) is 12.9. The van der Waals surface area contributed by atoms with Crippen LogP contribution in [0.2, 0.25) is 0 Å². The fourth-order valence-corrected chi connectivity index (χ4v) is 2.44. The lowest BCUT2D eigenvalue weighted by molar-refractivity contribution is -0.137. The molecule has 2 rings (SSSR count). The van der Waals surface area contributed by atoms with Crippen LogP contribution >= 0.6 is 0 Å². The number of hydrogen-bond donors (Lipinski definition) is 1. The van der Waals surface area contributed by atoms with Gasteiger partial charge in [-0.05, 0) is 24.6 Å². The number of hydrogen-bond acceptors (Lipinski definition) is 4. The molecule has 23 heavy (non-hydrogen) atoms. The summed E-state index contributed by atoms with van der Waals surface area (Å²) >= 11 is 0. The standard InChI is InChI=1S/C17H19NO5/c1-3-9-18-12-10-11(13(19)6-8-16(20)21)5-7-15(12)23-14(4-2)17(18)22/h3,5,7,10,14H,1,4,6,8-9H2,2H3,(H,20,21). The third-order valence-corrected chi connectivity index (χ3v) is 3.63. The number of carbonyl (C=O) groups is 3. The minimum atomic E-state index is -1.02. The summed E-state index contributed by atoms with van der Waals surface area (Å²) in [5, 5.41) is 8.67. The highest BCUT2D eigenvalue weighted by Crippen LogP contribution is 2.35. The average Bonchev–Trinajstić information content (AvgIpc) is 2.54. The Hall–Kier alpha value is -2.63. The number of carboxylic acid groups (broad SMARTS) is 1. The van der Waals surface area contributed by atoms with Crippen LogP contribution in [0.25, 0.3) is 0 Å². The number of ketones is 1. The van der Waals surface area contributed by atoms with Crippen molar-refractivity contribution in [3.63, 3.8) is 0 Å². The minimum Gasteiger partial charge on any atom is -0.481 e. The van der Waals surface area contributed by atoms with Gasteiger partial charge in [0, 0.05) is 18.5 Å². The maximum Gasteiger partial charge on any atom is 0.303 e. The van der Waals surface area contributed by atoms with Gasteiger partial charge in [0.2, 0.25) is 0 Å². The van der Waals surface area contributed by atoms with E-state index in [2.05, 4.69) is 6.58 Å². The highest BCUT2D eigenvalue weighted by Gasteiger charge is 2.33. The summed E-state index contributed by atoms with van der Waals surface area (Å²) in [6, 6.07) is 4.82. The monoisotopic (exact) mass is 317 g/mol. The van der Waals surface area contributed by atoms with E-state index in [4.69, 9.17) is 9.84 Å². The molecule has 122 valence electrons. The van der Waals surface area contributed by atoms with Crippen molar-refractivity contribution in [2.45, 2.75) is 32.3 Å². The van der Waals surface area contributed by atoms with Crippen LogP contribution in [-0.4, -0.2) is 35.4 Å². The van der Waals surface area contributed by atoms with Gasteiger partial charge in [0.1, 0.15) is 5.75 Å². The number of fused-ring (bicyclic) bond motifs is 1. The number of carboxylic acids is 1. The predicted octanol–water partition coefficient (Wildman–Crippen LogP) is 2.42. The van der Waals surface area contributed by atoms with E-state index < -0.39 is 12.1 Å². The smallest absolute Gasteiger partial charge is 0.303 e. The summed E-state index contributed by atoms with van der Waals surface area (Å²) in [5.41, 5.74) is 0.881. The fraction of sp³-hybridized carbons (Fsp3) is 0.353. The summed E-state index contributed by atoms with van der Waals surface area (Å²) in [6.45, 7) is 5.83. The van der Waals surface area contributed by atoms with E-state index in [9.17, 15) is 14.4 Å². The Kier molecular flexibility index (Phi) is 5.16.